The van der Waals surface area contributed by atoms with Gasteiger partial charge >= 0.3 is 12.3 Å². The lowest BCUT2D eigenvalue weighted by Gasteiger charge is -2.43. The van der Waals surface area contributed by atoms with Crippen molar-refractivity contribution >= 4 is 12.0 Å². The fraction of sp³-hybridized carbons (Fsp3) is 0.778. The van der Waals surface area contributed by atoms with Gasteiger partial charge in [-0.3, -0.25) is 10.1 Å². The SMILES string of the molecule is CC(C)(C)OC(=O)N/C=C1\[C@H]2CC3C[C@@H]1C([C@H]2O)N(C(=O)CC(F)(F)F)C3. The van der Waals surface area contributed by atoms with Crippen molar-refractivity contribution < 1.29 is 32.6 Å². The molecule has 1 heterocycles. The Balaban J connectivity index is 1.76. The average Bonchev–Trinajstić information content (AvgIpc) is 2.60. The number of carbonyl (C=O) groups excluding carboxylic acids is 2. The molecule has 2 saturated carbocycles. The summed E-state index contributed by atoms with van der Waals surface area (Å²) in [6.07, 6.45) is -4.87. The summed E-state index contributed by atoms with van der Waals surface area (Å²) in [7, 11) is 0. The predicted molar refractivity (Wildman–Crippen MR) is 89.3 cm³/mol. The van der Waals surface area contributed by atoms with Crippen molar-refractivity contribution in [2.24, 2.45) is 17.8 Å². The summed E-state index contributed by atoms with van der Waals surface area (Å²) in [5.41, 5.74) is 0.118. The highest BCUT2D eigenvalue weighted by atomic mass is 19.4. The second-order valence-corrected chi connectivity index (χ2v) is 8.66. The highest BCUT2D eigenvalue weighted by molar-refractivity contribution is 5.78. The van der Waals surface area contributed by atoms with Crippen molar-refractivity contribution in [3.63, 3.8) is 0 Å². The fourth-order valence-corrected chi connectivity index (χ4v) is 4.67. The molecule has 0 spiro atoms. The number of fused-ring (bicyclic) bond motifs is 2. The van der Waals surface area contributed by atoms with E-state index < -0.39 is 42.3 Å². The van der Waals surface area contributed by atoms with Crippen molar-refractivity contribution in [2.45, 2.75) is 64.0 Å². The van der Waals surface area contributed by atoms with Gasteiger partial charge in [0.1, 0.15) is 12.0 Å². The van der Waals surface area contributed by atoms with E-state index in [4.69, 9.17) is 4.74 Å². The van der Waals surface area contributed by atoms with Gasteiger partial charge in [-0.05, 0) is 45.1 Å². The molecular formula is C18H25F3N2O4. The zero-order valence-electron chi connectivity index (χ0n) is 15.5. The number of nitrogens with one attached hydrogen (secondary N) is 1. The van der Waals surface area contributed by atoms with Gasteiger partial charge in [0.25, 0.3) is 0 Å². The molecule has 0 aromatic heterocycles. The molecule has 152 valence electrons. The van der Waals surface area contributed by atoms with Crippen molar-refractivity contribution in [1.29, 1.82) is 0 Å². The van der Waals surface area contributed by atoms with E-state index in [1.54, 1.807) is 20.8 Å². The van der Waals surface area contributed by atoms with Crippen LogP contribution >= 0.6 is 0 Å². The Morgan fingerprint density at radius 1 is 1.26 bits per heavy atom. The molecule has 5 atom stereocenters. The standard InChI is InChI=1S/C18H25F3N2O4/c1-17(2,3)27-16(26)22-7-12-10-4-9-5-11(12)15(25)14(10)23(8-9)13(24)6-18(19,20)21/h7,9-11,14-15,25H,4-6,8H2,1-3H3,(H,22,26)/b12-7-/t9?,10-,11+,14?,15-/m0/s1. The van der Waals surface area contributed by atoms with E-state index in [1.165, 1.54) is 11.1 Å². The molecule has 3 aliphatic rings. The third-order valence-corrected chi connectivity index (χ3v) is 5.45. The van der Waals surface area contributed by atoms with Crippen LogP contribution in [-0.2, 0) is 9.53 Å². The van der Waals surface area contributed by atoms with Crippen LogP contribution in [0, 0.1) is 17.8 Å². The monoisotopic (exact) mass is 390 g/mol. The third-order valence-electron chi connectivity index (χ3n) is 5.45. The van der Waals surface area contributed by atoms with Crippen LogP contribution in [0.4, 0.5) is 18.0 Å². The smallest absolute Gasteiger partial charge is 0.411 e. The van der Waals surface area contributed by atoms with E-state index in [0.29, 0.717) is 12.8 Å². The van der Waals surface area contributed by atoms with E-state index in [1.807, 2.05) is 0 Å². The summed E-state index contributed by atoms with van der Waals surface area (Å²) in [6, 6.07) is -0.671. The Kier molecular flexibility index (Phi) is 4.95. The number of ether oxygens (including phenoxy) is 1. The zero-order chi connectivity index (χ0) is 20.1. The molecule has 3 rings (SSSR count). The maximum atomic E-state index is 12.6. The number of hydrogen-bond acceptors (Lipinski definition) is 4. The molecule has 9 heteroatoms. The lowest BCUT2D eigenvalue weighted by atomic mass is 9.74. The molecule has 6 nitrogen and oxygen atoms in total. The van der Waals surface area contributed by atoms with Gasteiger partial charge in [0.15, 0.2) is 0 Å². The van der Waals surface area contributed by atoms with Crippen LogP contribution in [0.1, 0.15) is 40.0 Å². The minimum atomic E-state index is -4.58. The molecule has 3 bridgehead atoms. The van der Waals surface area contributed by atoms with E-state index in [-0.39, 0.29) is 24.3 Å². The minimum absolute atomic E-state index is 0.0595. The summed E-state index contributed by atoms with van der Waals surface area (Å²) < 4.78 is 43.1. The molecule has 2 N–H and O–H groups in total. The van der Waals surface area contributed by atoms with Crippen molar-refractivity contribution in [1.82, 2.24) is 10.2 Å². The summed E-state index contributed by atoms with van der Waals surface area (Å²) in [5.74, 6) is -1.45. The first kappa shape index (κ1) is 20.0. The van der Waals surface area contributed by atoms with Crippen LogP contribution in [0.2, 0.25) is 0 Å². The lowest BCUT2D eigenvalue weighted by molar-refractivity contribution is -0.166. The van der Waals surface area contributed by atoms with Gasteiger partial charge in [-0.1, -0.05) is 0 Å². The van der Waals surface area contributed by atoms with E-state index in [0.717, 1.165) is 5.57 Å². The first-order valence-corrected chi connectivity index (χ1v) is 9.09. The minimum Gasteiger partial charge on any atom is -0.444 e. The molecular weight excluding hydrogens is 365 g/mol. The number of aliphatic hydroxyl groups is 1. The highest BCUT2D eigenvalue weighted by Crippen LogP contribution is 2.54. The summed E-state index contributed by atoms with van der Waals surface area (Å²) in [5, 5.41) is 13.2. The first-order valence-electron chi connectivity index (χ1n) is 9.09. The van der Waals surface area contributed by atoms with Crippen LogP contribution in [0.3, 0.4) is 0 Å². The van der Waals surface area contributed by atoms with Gasteiger partial charge in [-0.15, -0.1) is 0 Å². The lowest BCUT2D eigenvalue weighted by Crippen LogP contribution is -2.53. The fourth-order valence-electron chi connectivity index (χ4n) is 4.67. The quantitative estimate of drug-likeness (QED) is 0.760. The van der Waals surface area contributed by atoms with Crippen LogP contribution in [-0.4, -0.2) is 52.5 Å². The van der Waals surface area contributed by atoms with Crippen LogP contribution in [0.25, 0.3) is 0 Å². The molecule has 2 aliphatic carbocycles. The number of carbonyl (C=O) groups is 2. The van der Waals surface area contributed by atoms with Gasteiger partial charge in [0.2, 0.25) is 5.91 Å². The number of hydrogen-bond donors (Lipinski definition) is 2. The highest BCUT2D eigenvalue weighted by Gasteiger charge is 2.57. The topological polar surface area (TPSA) is 78.9 Å². The Morgan fingerprint density at radius 2 is 1.89 bits per heavy atom. The second-order valence-electron chi connectivity index (χ2n) is 8.66. The Morgan fingerprint density at radius 3 is 2.48 bits per heavy atom. The van der Waals surface area contributed by atoms with Gasteiger partial charge in [-0.25, -0.2) is 4.79 Å². The van der Waals surface area contributed by atoms with Gasteiger partial charge in [0, 0.05) is 24.6 Å². The van der Waals surface area contributed by atoms with Crippen molar-refractivity contribution in [2.75, 3.05) is 6.54 Å². The number of likely N-dealkylation sites (tertiary alicyclic amines) is 1. The maximum absolute atomic E-state index is 12.6. The molecule has 1 aliphatic heterocycles. The third kappa shape index (κ3) is 4.23. The molecule has 27 heavy (non-hydrogen) atoms. The largest absolute Gasteiger partial charge is 0.444 e. The van der Waals surface area contributed by atoms with Crippen LogP contribution in [0.5, 0.6) is 0 Å². The Bertz CT molecular complexity index is 656. The number of halogens is 3. The van der Waals surface area contributed by atoms with E-state index in [2.05, 4.69) is 5.32 Å². The van der Waals surface area contributed by atoms with E-state index >= 15 is 0 Å². The number of piperidine rings is 1. The summed E-state index contributed by atoms with van der Waals surface area (Å²) in [4.78, 5) is 25.3. The molecule has 3 fully saturated rings. The average molecular weight is 390 g/mol. The normalized spacial score (nSPS) is 34.1. The number of nitrogens with zero attached hydrogens (tertiary/aromatic N) is 1. The number of alkyl carbamates (subject to hydrolysis) is 1. The molecule has 0 aromatic rings. The number of amides is 2. The van der Waals surface area contributed by atoms with Crippen LogP contribution < -0.4 is 5.32 Å². The molecule has 2 amide bonds. The Hall–Kier alpha value is -1.77. The Labute approximate surface area is 155 Å². The molecule has 0 aromatic carbocycles. The first-order chi connectivity index (χ1) is 12.4. The van der Waals surface area contributed by atoms with Crippen molar-refractivity contribution in [3.05, 3.63) is 11.8 Å². The predicted octanol–water partition coefficient (Wildman–Crippen LogP) is 2.58. The summed E-state index contributed by atoms with van der Waals surface area (Å²) in [6.45, 7) is 5.45. The molecule has 0 radical (unpaired) electrons. The zero-order valence-corrected chi connectivity index (χ0v) is 15.5. The molecule has 2 unspecified atom stereocenters. The van der Waals surface area contributed by atoms with Crippen LogP contribution in [0.15, 0.2) is 11.8 Å². The van der Waals surface area contributed by atoms with Gasteiger partial charge in [-0.2, -0.15) is 13.2 Å². The van der Waals surface area contributed by atoms with Gasteiger partial charge in [0.05, 0.1) is 12.1 Å². The second kappa shape index (κ2) is 6.68. The maximum Gasteiger partial charge on any atom is 0.411 e. The summed E-state index contributed by atoms with van der Waals surface area (Å²) >= 11 is 0. The number of aliphatic hydroxyl groups excluding tert-OH is 1. The number of alkyl halides is 3. The number of rotatable bonds is 2. The van der Waals surface area contributed by atoms with Crippen molar-refractivity contribution in [3.8, 4) is 0 Å². The van der Waals surface area contributed by atoms with E-state index in [9.17, 15) is 27.9 Å². The molecule has 1 saturated heterocycles. The van der Waals surface area contributed by atoms with Gasteiger partial charge < -0.3 is 14.7 Å².